The molecule has 0 saturated heterocycles. The Morgan fingerprint density at radius 1 is 1.15 bits per heavy atom. The first-order chi connectivity index (χ1) is 9.75. The Labute approximate surface area is 116 Å². The van der Waals surface area contributed by atoms with Gasteiger partial charge in [-0.05, 0) is 30.2 Å². The van der Waals surface area contributed by atoms with Crippen LogP contribution in [0.2, 0.25) is 0 Å². The van der Waals surface area contributed by atoms with Crippen molar-refractivity contribution < 1.29 is 9.90 Å². The van der Waals surface area contributed by atoms with Gasteiger partial charge in [0.25, 0.3) is 0 Å². The van der Waals surface area contributed by atoms with E-state index in [0.717, 1.165) is 23.9 Å². The molecular formula is C16H14N2O2. The fourth-order valence-corrected chi connectivity index (χ4v) is 2.40. The Hall–Kier alpha value is -2.62. The number of aromatic carboxylic acids is 1. The fourth-order valence-electron chi connectivity index (χ4n) is 2.40. The van der Waals surface area contributed by atoms with Crippen LogP contribution in [0.5, 0.6) is 0 Å². The normalized spacial score (nSPS) is 10.8. The average Bonchev–Trinajstić information content (AvgIpc) is 2.85. The lowest BCUT2D eigenvalue weighted by atomic mass is 10.2. The van der Waals surface area contributed by atoms with Crippen LogP contribution in [-0.2, 0) is 13.0 Å². The van der Waals surface area contributed by atoms with E-state index in [1.807, 2.05) is 41.0 Å². The lowest BCUT2D eigenvalue weighted by Crippen LogP contribution is -2.00. The highest BCUT2D eigenvalue weighted by atomic mass is 16.4. The third-order valence-corrected chi connectivity index (χ3v) is 3.41. The molecule has 0 aliphatic heterocycles. The summed E-state index contributed by atoms with van der Waals surface area (Å²) in [5.74, 6) is -0.885. The summed E-state index contributed by atoms with van der Waals surface area (Å²) >= 11 is 0. The van der Waals surface area contributed by atoms with Gasteiger partial charge in [0.2, 0.25) is 0 Å². The molecule has 0 unspecified atom stereocenters. The van der Waals surface area contributed by atoms with E-state index in [0.29, 0.717) is 5.56 Å². The van der Waals surface area contributed by atoms with Gasteiger partial charge in [-0.3, -0.25) is 4.98 Å². The molecule has 1 aromatic carbocycles. The van der Waals surface area contributed by atoms with Gasteiger partial charge >= 0.3 is 5.97 Å². The van der Waals surface area contributed by atoms with E-state index >= 15 is 0 Å². The molecule has 4 heteroatoms. The minimum Gasteiger partial charge on any atom is -0.478 e. The van der Waals surface area contributed by atoms with Crippen LogP contribution in [0.15, 0.2) is 55.0 Å². The van der Waals surface area contributed by atoms with Crippen LogP contribution in [0.25, 0.3) is 10.9 Å². The Bertz CT molecular complexity index is 748. The van der Waals surface area contributed by atoms with Gasteiger partial charge in [0.1, 0.15) is 0 Å². The third-order valence-electron chi connectivity index (χ3n) is 3.41. The van der Waals surface area contributed by atoms with Gasteiger partial charge in [0.15, 0.2) is 0 Å². The molecule has 3 rings (SSSR count). The molecule has 0 spiro atoms. The number of rotatable bonds is 4. The van der Waals surface area contributed by atoms with Crippen molar-refractivity contribution in [2.75, 3.05) is 0 Å². The van der Waals surface area contributed by atoms with E-state index in [1.165, 1.54) is 5.56 Å². The Morgan fingerprint density at radius 3 is 2.65 bits per heavy atom. The highest BCUT2D eigenvalue weighted by Crippen LogP contribution is 2.21. The van der Waals surface area contributed by atoms with Crippen molar-refractivity contribution in [3.8, 4) is 0 Å². The van der Waals surface area contributed by atoms with Crippen LogP contribution in [0.3, 0.4) is 0 Å². The molecule has 0 bridgehead atoms. The lowest BCUT2D eigenvalue weighted by molar-refractivity contribution is 0.0699. The summed E-state index contributed by atoms with van der Waals surface area (Å²) in [6.45, 7) is 0.748. The predicted octanol–water partition coefficient (Wildman–Crippen LogP) is 2.98. The summed E-state index contributed by atoms with van der Waals surface area (Å²) in [4.78, 5) is 15.3. The summed E-state index contributed by atoms with van der Waals surface area (Å²) in [5.41, 5.74) is 2.50. The summed E-state index contributed by atoms with van der Waals surface area (Å²) < 4.78 is 2.00. The molecule has 0 radical (unpaired) electrons. The second-order valence-electron chi connectivity index (χ2n) is 4.66. The lowest BCUT2D eigenvalue weighted by Gasteiger charge is -2.05. The van der Waals surface area contributed by atoms with E-state index in [4.69, 9.17) is 0 Å². The van der Waals surface area contributed by atoms with E-state index < -0.39 is 5.97 Å². The number of carboxylic acids is 1. The Kier molecular flexibility index (Phi) is 3.21. The number of hydrogen-bond donors (Lipinski definition) is 1. The zero-order valence-corrected chi connectivity index (χ0v) is 10.9. The number of carbonyl (C=O) groups is 1. The zero-order chi connectivity index (χ0) is 13.9. The molecule has 0 aliphatic carbocycles. The van der Waals surface area contributed by atoms with E-state index in [2.05, 4.69) is 4.98 Å². The van der Waals surface area contributed by atoms with Crippen molar-refractivity contribution in [3.63, 3.8) is 0 Å². The summed E-state index contributed by atoms with van der Waals surface area (Å²) in [5, 5.41) is 10.0. The number of pyridine rings is 1. The standard InChI is InChI=1S/C16H14N2O2/c19-16(20)14-11-18(15-4-2-1-3-13(14)15)10-7-12-5-8-17-9-6-12/h1-6,8-9,11H,7,10H2,(H,19,20). The molecule has 100 valence electrons. The molecule has 0 atom stereocenters. The molecule has 20 heavy (non-hydrogen) atoms. The van der Waals surface area contributed by atoms with Crippen molar-refractivity contribution in [1.82, 2.24) is 9.55 Å². The molecular weight excluding hydrogens is 252 g/mol. The van der Waals surface area contributed by atoms with Crippen LogP contribution < -0.4 is 0 Å². The molecule has 1 N–H and O–H groups in total. The smallest absolute Gasteiger partial charge is 0.337 e. The molecule has 0 fully saturated rings. The number of nitrogens with zero attached hydrogens (tertiary/aromatic N) is 2. The van der Waals surface area contributed by atoms with Crippen LogP contribution >= 0.6 is 0 Å². The number of fused-ring (bicyclic) bond motifs is 1. The molecule has 2 aromatic heterocycles. The number of para-hydroxylation sites is 1. The van der Waals surface area contributed by atoms with E-state index in [-0.39, 0.29) is 0 Å². The highest BCUT2D eigenvalue weighted by molar-refractivity contribution is 6.03. The SMILES string of the molecule is O=C(O)c1cn(CCc2ccncc2)c2ccccc12. The van der Waals surface area contributed by atoms with Gasteiger partial charge in [-0.15, -0.1) is 0 Å². The van der Waals surface area contributed by atoms with Gasteiger partial charge in [-0.1, -0.05) is 18.2 Å². The first kappa shape index (κ1) is 12.4. The largest absolute Gasteiger partial charge is 0.478 e. The molecule has 0 aliphatic rings. The van der Waals surface area contributed by atoms with Crippen LogP contribution in [0, 0.1) is 0 Å². The first-order valence-electron chi connectivity index (χ1n) is 6.46. The number of benzene rings is 1. The number of hydrogen-bond acceptors (Lipinski definition) is 2. The molecule has 2 heterocycles. The molecule has 0 amide bonds. The fraction of sp³-hybridized carbons (Fsp3) is 0.125. The second-order valence-corrected chi connectivity index (χ2v) is 4.66. The number of aryl methyl sites for hydroxylation is 2. The zero-order valence-electron chi connectivity index (χ0n) is 10.9. The highest BCUT2D eigenvalue weighted by Gasteiger charge is 2.13. The second kappa shape index (κ2) is 5.17. The monoisotopic (exact) mass is 266 g/mol. The van der Waals surface area contributed by atoms with Crippen LogP contribution in [0.1, 0.15) is 15.9 Å². The van der Waals surface area contributed by atoms with Crippen molar-refractivity contribution in [2.45, 2.75) is 13.0 Å². The van der Waals surface area contributed by atoms with Gasteiger partial charge in [0, 0.05) is 36.0 Å². The predicted molar refractivity (Wildman–Crippen MR) is 76.8 cm³/mol. The summed E-state index contributed by atoms with van der Waals surface area (Å²) in [6, 6.07) is 11.5. The maximum atomic E-state index is 11.3. The summed E-state index contributed by atoms with van der Waals surface area (Å²) in [7, 11) is 0. The molecule has 0 saturated carbocycles. The topological polar surface area (TPSA) is 55.1 Å². The average molecular weight is 266 g/mol. The van der Waals surface area contributed by atoms with E-state index in [9.17, 15) is 9.90 Å². The number of aromatic nitrogens is 2. The van der Waals surface area contributed by atoms with Crippen LogP contribution in [-0.4, -0.2) is 20.6 Å². The van der Waals surface area contributed by atoms with Gasteiger partial charge in [0.05, 0.1) is 5.56 Å². The van der Waals surface area contributed by atoms with Crippen molar-refractivity contribution in [2.24, 2.45) is 0 Å². The Morgan fingerprint density at radius 2 is 1.90 bits per heavy atom. The first-order valence-corrected chi connectivity index (χ1v) is 6.46. The van der Waals surface area contributed by atoms with Crippen molar-refractivity contribution >= 4 is 16.9 Å². The van der Waals surface area contributed by atoms with Crippen molar-refractivity contribution in [1.29, 1.82) is 0 Å². The van der Waals surface area contributed by atoms with Gasteiger partial charge < -0.3 is 9.67 Å². The quantitative estimate of drug-likeness (QED) is 0.789. The van der Waals surface area contributed by atoms with Gasteiger partial charge in [-0.25, -0.2) is 4.79 Å². The maximum absolute atomic E-state index is 11.3. The minimum absolute atomic E-state index is 0.357. The van der Waals surface area contributed by atoms with E-state index in [1.54, 1.807) is 18.6 Å². The van der Waals surface area contributed by atoms with Gasteiger partial charge in [-0.2, -0.15) is 0 Å². The van der Waals surface area contributed by atoms with Crippen LogP contribution in [0.4, 0.5) is 0 Å². The third kappa shape index (κ3) is 2.28. The molecule has 3 aromatic rings. The van der Waals surface area contributed by atoms with Crippen molar-refractivity contribution in [3.05, 3.63) is 66.1 Å². The summed E-state index contributed by atoms with van der Waals surface area (Å²) in [6.07, 6.45) is 6.10. The number of carboxylic acid groups (broad SMARTS) is 1. The Balaban J connectivity index is 1.94. The maximum Gasteiger partial charge on any atom is 0.337 e. The molecule has 4 nitrogen and oxygen atoms in total. The minimum atomic E-state index is -0.885.